The Morgan fingerprint density at radius 3 is 3.12 bits per heavy atom. The molecular weight excluding hydrogens is 244 g/mol. The summed E-state index contributed by atoms with van der Waals surface area (Å²) in [5.41, 5.74) is 0.612. The van der Waals surface area contributed by atoms with Crippen LogP contribution in [-0.2, 0) is 4.74 Å². The molecule has 0 amide bonds. The zero-order valence-electron chi connectivity index (χ0n) is 9.62. The molecule has 2 aromatic rings. The highest BCUT2D eigenvalue weighted by Crippen LogP contribution is 2.10. The van der Waals surface area contributed by atoms with Crippen LogP contribution in [0.5, 0.6) is 0 Å². The van der Waals surface area contributed by atoms with E-state index in [1.54, 1.807) is 13.2 Å². The highest BCUT2D eigenvalue weighted by Gasteiger charge is 2.11. The molecule has 0 saturated heterocycles. The van der Waals surface area contributed by atoms with Crippen molar-refractivity contribution in [1.29, 1.82) is 0 Å². The van der Waals surface area contributed by atoms with Crippen molar-refractivity contribution >= 4 is 23.1 Å². The number of fused-ring (bicyclic) bond motifs is 1. The van der Waals surface area contributed by atoms with E-state index in [-0.39, 0.29) is 5.38 Å². The zero-order valence-corrected chi connectivity index (χ0v) is 10.4. The summed E-state index contributed by atoms with van der Waals surface area (Å²) in [6, 6.07) is 3.65. The highest BCUT2D eigenvalue weighted by molar-refractivity contribution is 6.21. The van der Waals surface area contributed by atoms with E-state index in [0.29, 0.717) is 18.8 Å². The van der Waals surface area contributed by atoms with Gasteiger partial charge in [-0.25, -0.2) is 0 Å². The zero-order chi connectivity index (χ0) is 12.3. The Morgan fingerprint density at radius 1 is 1.53 bits per heavy atom. The monoisotopic (exact) mass is 256 g/mol. The molecule has 0 aliphatic heterocycles. The molecule has 7 nitrogen and oxygen atoms in total. The van der Waals surface area contributed by atoms with Gasteiger partial charge in [0.05, 0.1) is 12.0 Å². The molecule has 0 N–H and O–H groups in total. The molecule has 1 unspecified atom stereocenters. The van der Waals surface area contributed by atoms with Gasteiger partial charge in [-0.3, -0.25) is 0 Å². The summed E-state index contributed by atoms with van der Waals surface area (Å²) in [6.45, 7) is 1.13. The first-order valence-electron chi connectivity index (χ1n) is 5.10. The predicted molar refractivity (Wildman–Crippen MR) is 63.4 cm³/mol. The minimum Gasteiger partial charge on any atom is -0.383 e. The van der Waals surface area contributed by atoms with E-state index < -0.39 is 0 Å². The Morgan fingerprint density at radius 2 is 2.35 bits per heavy atom. The average Bonchev–Trinajstić information content (AvgIpc) is 2.75. The smallest absolute Gasteiger partial charge is 0.200 e. The summed E-state index contributed by atoms with van der Waals surface area (Å²) in [4.78, 5) is 1.93. The van der Waals surface area contributed by atoms with Crippen LogP contribution in [0.1, 0.15) is 0 Å². The molecule has 8 heteroatoms. The number of halogens is 1. The number of methoxy groups -OCH3 is 1. The van der Waals surface area contributed by atoms with E-state index in [0.717, 1.165) is 5.82 Å². The lowest BCUT2D eigenvalue weighted by Gasteiger charge is -2.20. The molecule has 0 aromatic carbocycles. The van der Waals surface area contributed by atoms with E-state index in [1.165, 1.54) is 4.63 Å². The van der Waals surface area contributed by atoms with Crippen molar-refractivity contribution in [3.63, 3.8) is 0 Å². The van der Waals surface area contributed by atoms with Crippen LogP contribution in [0.3, 0.4) is 0 Å². The van der Waals surface area contributed by atoms with E-state index in [1.807, 2.05) is 18.0 Å². The molecule has 0 aliphatic carbocycles. The molecule has 1 atom stereocenters. The normalized spacial score (nSPS) is 12.9. The maximum atomic E-state index is 6.08. The first kappa shape index (κ1) is 12.0. The molecule has 92 valence electrons. The molecule has 17 heavy (non-hydrogen) atoms. The van der Waals surface area contributed by atoms with Gasteiger partial charge in [0.2, 0.25) is 0 Å². The molecule has 0 spiro atoms. The Hall–Kier alpha value is -1.47. The van der Waals surface area contributed by atoms with Crippen molar-refractivity contribution in [3.8, 4) is 0 Å². The van der Waals surface area contributed by atoms with E-state index in [2.05, 4.69) is 20.6 Å². The Balaban J connectivity index is 2.09. The number of tetrazole rings is 1. The maximum Gasteiger partial charge on any atom is 0.200 e. The van der Waals surface area contributed by atoms with Gasteiger partial charge in [0.25, 0.3) is 0 Å². The SMILES string of the molecule is COCC(Cl)CN(C)c1ccc2nnnn2n1. The lowest BCUT2D eigenvalue weighted by molar-refractivity contribution is 0.199. The van der Waals surface area contributed by atoms with Crippen LogP contribution in [0.2, 0.25) is 0 Å². The number of hydrogen-bond acceptors (Lipinski definition) is 6. The summed E-state index contributed by atoms with van der Waals surface area (Å²) in [5, 5.41) is 15.2. The minimum atomic E-state index is -0.0867. The van der Waals surface area contributed by atoms with Gasteiger partial charge in [-0.2, -0.15) is 0 Å². The van der Waals surface area contributed by atoms with Crippen molar-refractivity contribution < 1.29 is 4.74 Å². The van der Waals surface area contributed by atoms with Gasteiger partial charge in [-0.15, -0.1) is 26.4 Å². The second-order valence-electron chi connectivity index (χ2n) is 3.65. The molecule has 0 bridgehead atoms. The number of alkyl halides is 1. The topological polar surface area (TPSA) is 68.4 Å². The second-order valence-corrected chi connectivity index (χ2v) is 4.27. The number of aromatic nitrogens is 5. The highest BCUT2D eigenvalue weighted by atomic mass is 35.5. The van der Waals surface area contributed by atoms with Crippen LogP contribution in [-0.4, -0.2) is 57.9 Å². The van der Waals surface area contributed by atoms with Crippen LogP contribution in [0, 0.1) is 0 Å². The average molecular weight is 257 g/mol. The van der Waals surface area contributed by atoms with Gasteiger partial charge in [0.15, 0.2) is 11.5 Å². The molecule has 2 rings (SSSR count). The molecule has 0 radical (unpaired) electrons. The summed E-state index contributed by atoms with van der Waals surface area (Å²) < 4.78 is 6.36. The molecule has 2 aromatic heterocycles. The summed E-state index contributed by atoms with van der Waals surface area (Å²) in [5.74, 6) is 0.756. The molecule has 2 heterocycles. The van der Waals surface area contributed by atoms with Gasteiger partial charge < -0.3 is 9.64 Å². The number of hydrogen-bond donors (Lipinski definition) is 0. The lowest BCUT2D eigenvalue weighted by Crippen LogP contribution is -2.29. The lowest BCUT2D eigenvalue weighted by atomic mass is 10.4. The van der Waals surface area contributed by atoms with Crippen molar-refractivity contribution in [3.05, 3.63) is 12.1 Å². The summed E-state index contributed by atoms with van der Waals surface area (Å²) in [6.07, 6.45) is 0. The number of ether oxygens (including phenoxy) is 1. The summed E-state index contributed by atoms with van der Waals surface area (Å²) >= 11 is 6.08. The van der Waals surface area contributed by atoms with E-state index >= 15 is 0 Å². The van der Waals surface area contributed by atoms with Crippen LogP contribution in [0.4, 0.5) is 5.82 Å². The first-order valence-corrected chi connectivity index (χ1v) is 5.54. The third-order valence-electron chi connectivity index (χ3n) is 2.27. The molecule has 0 saturated carbocycles. The van der Waals surface area contributed by atoms with Crippen molar-refractivity contribution in [1.82, 2.24) is 25.3 Å². The Bertz CT molecular complexity index is 489. The molecular formula is C9H13ClN6O. The Labute approximate surface area is 103 Å². The van der Waals surface area contributed by atoms with E-state index in [9.17, 15) is 0 Å². The van der Waals surface area contributed by atoms with Crippen LogP contribution in [0.25, 0.3) is 5.65 Å². The number of rotatable bonds is 5. The number of nitrogens with zero attached hydrogens (tertiary/aromatic N) is 6. The van der Waals surface area contributed by atoms with Gasteiger partial charge in [-0.05, 0) is 22.6 Å². The van der Waals surface area contributed by atoms with Crippen molar-refractivity contribution in [2.45, 2.75) is 5.38 Å². The van der Waals surface area contributed by atoms with E-state index in [4.69, 9.17) is 16.3 Å². The first-order chi connectivity index (χ1) is 8.20. The van der Waals surface area contributed by atoms with Crippen molar-refractivity contribution in [2.24, 2.45) is 0 Å². The fourth-order valence-corrected chi connectivity index (χ4v) is 1.80. The van der Waals surface area contributed by atoms with Gasteiger partial charge in [0, 0.05) is 20.7 Å². The standard InChI is InChI=1S/C9H13ClN6O/c1-15(5-7(10)6-17-2)9-4-3-8-11-13-14-16(8)12-9/h3-4,7H,5-6H2,1-2H3. The summed E-state index contributed by atoms with van der Waals surface area (Å²) in [7, 11) is 3.53. The molecule has 0 aliphatic rings. The van der Waals surface area contributed by atoms with Crippen molar-refractivity contribution in [2.75, 3.05) is 32.2 Å². The third-order valence-corrected chi connectivity index (χ3v) is 2.53. The largest absolute Gasteiger partial charge is 0.383 e. The van der Waals surface area contributed by atoms with Gasteiger partial charge in [0.1, 0.15) is 0 Å². The molecule has 0 fully saturated rings. The number of anilines is 1. The Kier molecular flexibility index (Phi) is 3.70. The van der Waals surface area contributed by atoms with Crippen LogP contribution >= 0.6 is 11.6 Å². The van der Waals surface area contributed by atoms with Gasteiger partial charge >= 0.3 is 0 Å². The third kappa shape index (κ3) is 2.80. The quantitative estimate of drug-likeness (QED) is 0.713. The van der Waals surface area contributed by atoms with Gasteiger partial charge in [-0.1, -0.05) is 0 Å². The fraction of sp³-hybridized carbons (Fsp3) is 0.556. The minimum absolute atomic E-state index is 0.0867. The maximum absolute atomic E-state index is 6.08. The second kappa shape index (κ2) is 5.24. The fourth-order valence-electron chi connectivity index (χ4n) is 1.47. The predicted octanol–water partition coefficient (Wildman–Crippen LogP) is 0.209. The van der Waals surface area contributed by atoms with Crippen LogP contribution < -0.4 is 4.90 Å². The van der Waals surface area contributed by atoms with Crippen LogP contribution in [0.15, 0.2) is 12.1 Å².